The Hall–Kier alpha value is -2.59. The molecule has 0 spiro atoms. The van der Waals surface area contributed by atoms with E-state index in [4.69, 9.17) is 0 Å². The molecule has 2 N–H and O–H groups in total. The van der Waals surface area contributed by atoms with Gasteiger partial charge in [0.15, 0.2) is 0 Å². The van der Waals surface area contributed by atoms with Gasteiger partial charge < -0.3 is 15.1 Å². The van der Waals surface area contributed by atoms with Gasteiger partial charge in [-0.15, -0.1) is 4.09 Å². The monoisotopic (exact) mass is 444 g/mol. The lowest BCUT2D eigenvalue weighted by molar-refractivity contribution is 0.256. The molecule has 1 fully saturated rings. The lowest BCUT2D eigenvalue weighted by Gasteiger charge is -2.32. The van der Waals surface area contributed by atoms with Crippen LogP contribution < -0.4 is 14.9 Å². The van der Waals surface area contributed by atoms with Crippen molar-refractivity contribution >= 4 is 27.6 Å². The van der Waals surface area contributed by atoms with Gasteiger partial charge in [0, 0.05) is 31.9 Å². The van der Waals surface area contributed by atoms with Crippen LogP contribution >= 0.6 is 0 Å². The summed E-state index contributed by atoms with van der Waals surface area (Å²) in [4.78, 5) is 17.0. The standard InChI is InChI=1S/C21H28N6O3S/c1-25-8-10-26(11-9-25)17-13-22-27(14-17)31(29,30)24-21(28)23-20-18-6-2-4-15(18)12-16-5-3-7-19(16)20/h12-14H,2-11H2,1H3,(H2,23,24,28). The van der Waals surface area contributed by atoms with E-state index in [9.17, 15) is 13.2 Å². The quantitative estimate of drug-likeness (QED) is 0.742. The number of aromatic nitrogens is 2. The van der Waals surface area contributed by atoms with Gasteiger partial charge >= 0.3 is 16.2 Å². The zero-order chi connectivity index (χ0) is 21.6. The van der Waals surface area contributed by atoms with Crippen molar-refractivity contribution in [1.82, 2.24) is 18.8 Å². The van der Waals surface area contributed by atoms with Crippen LogP contribution in [0.25, 0.3) is 0 Å². The maximum Gasteiger partial charge on any atom is 0.346 e. The molecule has 166 valence electrons. The zero-order valence-corrected chi connectivity index (χ0v) is 18.5. The van der Waals surface area contributed by atoms with Crippen LogP contribution in [0.15, 0.2) is 18.5 Å². The van der Waals surface area contributed by atoms with E-state index in [0.29, 0.717) is 0 Å². The average Bonchev–Trinajstić information content (AvgIpc) is 3.48. The third-order valence-electron chi connectivity index (χ3n) is 6.59. The van der Waals surface area contributed by atoms with Gasteiger partial charge in [-0.3, -0.25) is 0 Å². The Kier molecular flexibility index (Phi) is 5.13. The molecule has 1 aromatic heterocycles. The Morgan fingerprint density at radius 1 is 1.00 bits per heavy atom. The summed E-state index contributed by atoms with van der Waals surface area (Å²) in [6.07, 6.45) is 8.97. The molecule has 9 nitrogen and oxygen atoms in total. The summed E-state index contributed by atoms with van der Waals surface area (Å²) in [5.41, 5.74) is 6.42. The number of nitrogens with zero attached hydrogens (tertiary/aromatic N) is 4. The van der Waals surface area contributed by atoms with Crippen LogP contribution in [0.3, 0.4) is 0 Å². The van der Waals surface area contributed by atoms with E-state index < -0.39 is 16.2 Å². The summed E-state index contributed by atoms with van der Waals surface area (Å²) in [6.45, 7) is 3.43. The number of fused-ring (bicyclic) bond motifs is 2. The van der Waals surface area contributed by atoms with Crippen LogP contribution in [-0.2, 0) is 35.9 Å². The third kappa shape index (κ3) is 3.89. The van der Waals surface area contributed by atoms with Crippen molar-refractivity contribution in [2.45, 2.75) is 38.5 Å². The first-order valence-corrected chi connectivity index (χ1v) is 12.3. The normalized spacial score (nSPS) is 18.7. The summed E-state index contributed by atoms with van der Waals surface area (Å²) < 4.78 is 28.5. The number of urea groups is 1. The Balaban J connectivity index is 1.31. The van der Waals surface area contributed by atoms with Crippen LogP contribution in [0, 0.1) is 0 Å². The molecule has 3 aliphatic rings. The van der Waals surface area contributed by atoms with Gasteiger partial charge in [0.05, 0.1) is 18.1 Å². The van der Waals surface area contributed by atoms with Crippen LogP contribution in [0.5, 0.6) is 0 Å². The summed E-state index contributed by atoms with van der Waals surface area (Å²) >= 11 is 0. The second-order valence-electron chi connectivity index (χ2n) is 8.66. The van der Waals surface area contributed by atoms with Gasteiger partial charge in [0.25, 0.3) is 0 Å². The molecular weight excluding hydrogens is 416 g/mol. The highest BCUT2D eigenvalue weighted by molar-refractivity contribution is 7.88. The highest BCUT2D eigenvalue weighted by Gasteiger charge is 2.27. The molecule has 2 aliphatic carbocycles. The minimum Gasteiger partial charge on any atom is -0.366 e. The first-order valence-electron chi connectivity index (χ1n) is 10.9. The number of carbonyl (C=O) groups excluding carboxylic acids is 1. The molecule has 5 rings (SSSR count). The SMILES string of the molecule is CN1CCN(c2cnn(S(=O)(=O)NC(=O)Nc3c4c(cc5c3CCC5)CCC4)c2)CC1. The lowest BCUT2D eigenvalue weighted by Crippen LogP contribution is -2.44. The van der Waals surface area contributed by atoms with Gasteiger partial charge in [-0.2, -0.15) is 13.5 Å². The van der Waals surface area contributed by atoms with Gasteiger partial charge in [0.2, 0.25) is 0 Å². The highest BCUT2D eigenvalue weighted by Crippen LogP contribution is 2.38. The summed E-state index contributed by atoms with van der Waals surface area (Å²) in [7, 11) is -2.07. The molecule has 0 radical (unpaired) electrons. The molecular formula is C21H28N6O3S. The molecule has 1 aliphatic heterocycles. The first-order chi connectivity index (χ1) is 14.9. The van der Waals surface area contributed by atoms with Gasteiger partial charge in [-0.1, -0.05) is 6.07 Å². The van der Waals surface area contributed by atoms with Gasteiger partial charge in [-0.25, -0.2) is 9.52 Å². The van der Waals surface area contributed by atoms with E-state index in [1.54, 1.807) is 0 Å². The first kappa shape index (κ1) is 20.3. The largest absolute Gasteiger partial charge is 0.366 e. The fourth-order valence-electron chi connectivity index (χ4n) is 4.93. The van der Waals surface area contributed by atoms with E-state index in [1.807, 2.05) is 0 Å². The number of carbonyl (C=O) groups is 1. The Bertz CT molecular complexity index is 1090. The minimum absolute atomic E-state index is 0.734. The number of hydrogen-bond donors (Lipinski definition) is 2. The number of nitrogens with one attached hydrogen (secondary N) is 2. The van der Waals surface area contributed by atoms with Crippen LogP contribution in [0.1, 0.15) is 35.1 Å². The molecule has 2 heterocycles. The van der Waals surface area contributed by atoms with Gasteiger partial charge in [0.1, 0.15) is 0 Å². The summed E-state index contributed by atoms with van der Waals surface area (Å²) in [5, 5.41) is 6.85. The van der Waals surface area contributed by atoms with E-state index in [-0.39, 0.29) is 0 Å². The van der Waals surface area contributed by atoms with Crippen molar-refractivity contribution in [3.8, 4) is 0 Å². The highest BCUT2D eigenvalue weighted by atomic mass is 32.2. The Labute approximate surface area is 182 Å². The minimum atomic E-state index is -4.13. The molecule has 31 heavy (non-hydrogen) atoms. The van der Waals surface area contributed by atoms with E-state index in [1.165, 1.54) is 23.5 Å². The molecule has 0 unspecified atom stereocenters. The number of likely N-dealkylation sites (N-methyl/N-ethyl adjacent to an activating group) is 1. The van der Waals surface area contributed by atoms with Crippen molar-refractivity contribution in [1.29, 1.82) is 0 Å². The molecule has 0 bridgehead atoms. The van der Waals surface area contributed by atoms with Crippen molar-refractivity contribution in [2.24, 2.45) is 0 Å². The number of rotatable bonds is 4. The number of benzene rings is 1. The molecule has 10 heteroatoms. The van der Waals surface area contributed by atoms with E-state index in [2.05, 4.69) is 38.1 Å². The maximum atomic E-state index is 12.8. The number of amides is 2. The number of piperazine rings is 1. The topological polar surface area (TPSA) is 99.6 Å². The fourth-order valence-corrected chi connectivity index (χ4v) is 5.72. The molecule has 2 aromatic rings. The second kappa shape index (κ2) is 7.83. The Morgan fingerprint density at radius 3 is 2.29 bits per heavy atom. The maximum absolute atomic E-state index is 12.8. The molecule has 0 atom stereocenters. The average molecular weight is 445 g/mol. The zero-order valence-electron chi connectivity index (χ0n) is 17.7. The lowest BCUT2D eigenvalue weighted by atomic mass is 9.99. The number of hydrogen-bond acceptors (Lipinski definition) is 6. The molecule has 0 saturated carbocycles. The predicted octanol–water partition coefficient (Wildman–Crippen LogP) is 1.53. The van der Waals surface area contributed by atoms with E-state index >= 15 is 0 Å². The summed E-state index contributed by atoms with van der Waals surface area (Å²) in [5.74, 6) is 0. The predicted molar refractivity (Wildman–Crippen MR) is 119 cm³/mol. The van der Waals surface area contributed by atoms with Crippen molar-refractivity contribution in [3.05, 3.63) is 40.7 Å². The van der Waals surface area contributed by atoms with Crippen molar-refractivity contribution in [3.63, 3.8) is 0 Å². The van der Waals surface area contributed by atoms with Crippen LogP contribution in [0.4, 0.5) is 16.2 Å². The molecule has 1 aromatic carbocycles. The Morgan fingerprint density at radius 2 is 1.65 bits per heavy atom. The van der Waals surface area contributed by atoms with Crippen LogP contribution in [-0.4, -0.2) is 61.8 Å². The second-order valence-corrected chi connectivity index (χ2v) is 10.2. The van der Waals surface area contributed by atoms with Crippen molar-refractivity contribution in [2.75, 3.05) is 43.4 Å². The van der Waals surface area contributed by atoms with Crippen molar-refractivity contribution < 1.29 is 13.2 Å². The molecule has 1 saturated heterocycles. The number of anilines is 2. The third-order valence-corrected chi connectivity index (χ3v) is 7.73. The molecule has 2 amide bonds. The number of aryl methyl sites for hydroxylation is 2. The van der Waals surface area contributed by atoms with Gasteiger partial charge in [-0.05, 0) is 67.8 Å². The fraction of sp³-hybridized carbons (Fsp3) is 0.524. The smallest absolute Gasteiger partial charge is 0.346 e. The van der Waals surface area contributed by atoms with E-state index in [0.717, 1.165) is 91.3 Å². The summed E-state index contributed by atoms with van der Waals surface area (Å²) in [6, 6.07) is 1.53. The van der Waals surface area contributed by atoms with Crippen LogP contribution in [0.2, 0.25) is 0 Å².